The Balaban J connectivity index is 3.33. The number of unbranched alkanes of at least 4 members (excludes halogenated alkanes) is 7. The SMILES string of the molecule is CCCCCCCCCCC(CCC)[N+](=O)[O-]. The monoisotopic (exact) mass is 243 g/mol. The van der Waals surface area contributed by atoms with Gasteiger partial charge in [-0.2, -0.15) is 0 Å². The minimum atomic E-state index is -0.292. The second-order valence-electron chi connectivity index (χ2n) is 4.99. The number of nitrogens with zero attached hydrogens (tertiary/aromatic N) is 1. The lowest BCUT2D eigenvalue weighted by Gasteiger charge is -2.07. The van der Waals surface area contributed by atoms with Gasteiger partial charge in [0.1, 0.15) is 0 Å². The standard InChI is InChI=1S/C14H29NO2/c1-3-5-6-7-8-9-10-11-13-14(12-4-2)15(16)17/h14H,3-13H2,1-2H3. The second-order valence-corrected chi connectivity index (χ2v) is 4.99. The predicted octanol–water partition coefficient (Wildman–Crippen LogP) is 4.96. The van der Waals surface area contributed by atoms with Gasteiger partial charge in [-0.25, -0.2) is 0 Å². The van der Waals surface area contributed by atoms with E-state index in [1.165, 1.54) is 44.9 Å². The maximum atomic E-state index is 10.7. The van der Waals surface area contributed by atoms with E-state index in [-0.39, 0.29) is 11.0 Å². The summed E-state index contributed by atoms with van der Waals surface area (Å²) < 4.78 is 0. The fourth-order valence-electron chi connectivity index (χ4n) is 2.20. The van der Waals surface area contributed by atoms with E-state index in [1.807, 2.05) is 6.92 Å². The lowest BCUT2D eigenvalue weighted by Crippen LogP contribution is -2.18. The Morgan fingerprint density at radius 2 is 1.35 bits per heavy atom. The smallest absolute Gasteiger partial charge is 0.213 e. The van der Waals surface area contributed by atoms with E-state index in [0.717, 1.165) is 25.7 Å². The maximum Gasteiger partial charge on any atom is 0.213 e. The molecule has 1 unspecified atom stereocenters. The lowest BCUT2D eigenvalue weighted by molar-refractivity contribution is -0.524. The first-order valence-electron chi connectivity index (χ1n) is 7.35. The molecule has 0 spiro atoms. The second kappa shape index (κ2) is 11.9. The Morgan fingerprint density at radius 1 is 0.824 bits per heavy atom. The molecule has 0 aromatic rings. The minimum Gasteiger partial charge on any atom is -0.264 e. The van der Waals surface area contributed by atoms with Crippen molar-refractivity contribution in [3.05, 3.63) is 10.1 Å². The molecular formula is C14H29NO2. The van der Waals surface area contributed by atoms with E-state index in [1.54, 1.807) is 0 Å². The van der Waals surface area contributed by atoms with Crippen LogP contribution in [0.2, 0.25) is 0 Å². The van der Waals surface area contributed by atoms with Crippen molar-refractivity contribution in [3.63, 3.8) is 0 Å². The molecule has 0 aromatic heterocycles. The summed E-state index contributed by atoms with van der Waals surface area (Å²) in [6.45, 7) is 4.25. The minimum absolute atomic E-state index is 0.0925. The summed E-state index contributed by atoms with van der Waals surface area (Å²) in [6.07, 6.45) is 12.5. The zero-order valence-electron chi connectivity index (χ0n) is 11.6. The van der Waals surface area contributed by atoms with Gasteiger partial charge in [-0.1, -0.05) is 58.8 Å². The third-order valence-corrected chi connectivity index (χ3v) is 3.31. The van der Waals surface area contributed by atoms with Crippen molar-refractivity contribution in [3.8, 4) is 0 Å². The molecule has 0 saturated heterocycles. The van der Waals surface area contributed by atoms with Crippen LogP contribution in [0.15, 0.2) is 0 Å². The van der Waals surface area contributed by atoms with Gasteiger partial charge in [-0.3, -0.25) is 10.1 Å². The lowest BCUT2D eigenvalue weighted by atomic mass is 10.0. The highest BCUT2D eigenvalue weighted by molar-refractivity contribution is 4.57. The molecule has 0 radical (unpaired) electrons. The zero-order chi connectivity index (χ0) is 12.9. The van der Waals surface area contributed by atoms with Crippen molar-refractivity contribution in [1.29, 1.82) is 0 Å². The molecule has 3 nitrogen and oxygen atoms in total. The first-order chi connectivity index (χ1) is 8.22. The average molecular weight is 243 g/mol. The summed E-state index contributed by atoms with van der Waals surface area (Å²) in [5, 5.41) is 10.7. The Bertz CT molecular complexity index is 183. The largest absolute Gasteiger partial charge is 0.264 e. The summed E-state index contributed by atoms with van der Waals surface area (Å²) in [5.41, 5.74) is 0. The molecule has 0 bridgehead atoms. The first-order valence-corrected chi connectivity index (χ1v) is 7.35. The van der Waals surface area contributed by atoms with Crippen LogP contribution in [0, 0.1) is 10.1 Å². The molecule has 0 heterocycles. The Morgan fingerprint density at radius 3 is 1.82 bits per heavy atom. The van der Waals surface area contributed by atoms with Gasteiger partial charge in [0.2, 0.25) is 6.04 Å². The Labute approximate surface area is 106 Å². The fourth-order valence-corrected chi connectivity index (χ4v) is 2.20. The van der Waals surface area contributed by atoms with Crippen molar-refractivity contribution in [2.45, 2.75) is 90.5 Å². The number of nitro groups is 1. The fraction of sp³-hybridized carbons (Fsp3) is 1.00. The van der Waals surface area contributed by atoms with Crippen LogP contribution < -0.4 is 0 Å². The molecule has 3 heteroatoms. The highest BCUT2D eigenvalue weighted by Crippen LogP contribution is 2.13. The van der Waals surface area contributed by atoms with Crippen LogP contribution in [0.3, 0.4) is 0 Å². The van der Waals surface area contributed by atoms with Crippen LogP contribution in [0.5, 0.6) is 0 Å². The zero-order valence-corrected chi connectivity index (χ0v) is 11.6. The van der Waals surface area contributed by atoms with E-state index < -0.39 is 0 Å². The Kier molecular flexibility index (Phi) is 11.5. The van der Waals surface area contributed by atoms with Crippen LogP contribution in [0.4, 0.5) is 0 Å². The van der Waals surface area contributed by atoms with E-state index in [0.29, 0.717) is 0 Å². The van der Waals surface area contributed by atoms with Crippen molar-refractivity contribution in [1.82, 2.24) is 0 Å². The normalized spacial score (nSPS) is 12.6. The highest BCUT2D eigenvalue weighted by atomic mass is 16.6. The molecule has 17 heavy (non-hydrogen) atoms. The number of hydrogen-bond acceptors (Lipinski definition) is 2. The van der Waals surface area contributed by atoms with Gasteiger partial charge in [0.15, 0.2) is 0 Å². The molecule has 0 aliphatic rings. The summed E-state index contributed by atoms with van der Waals surface area (Å²) >= 11 is 0. The van der Waals surface area contributed by atoms with Gasteiger partial charge in [0, 0.05) is 17.8 Å². The van der Waals surface area contributed by atoms with Gasteiger partial charge in [0.25, 0.3) is 0 Å². The maximum absolute atomic E-state index is 10.7. The number of rotatable bonds is 12. The van der Waals surface area contributed by atoms with Crippen molar-refractivity contribution in [2.75, 3.05) is 0 Å². The van der Waals surface area contributed by atoms with E-state index in [2.05, 4.69) is 6.92 Å². The highest BCUT2D eigenvalue weighted by Gasteiger charge is 2.17. The predicted molar refractivity (Wildman–Crippen MR) is 72.9 cm³/mol. The molecule has 0 fully saturated rings. The van der Waals surface area contributed by atoms with Gasteiger partial charge in [-0.05, 0) is 12.8 Å². The first kappa shape index (κ1) is 16.4. The van der Waals surface area contributed by atoms with Crippen LogP contribution in [0.25, 0.3) is 0 Å². The summed E-state index contributed by atoms with van der Waals surface area (Å²) in [7, 11) is 0. The number of hydrogen-bond donors (Lipinski definition) is 0. The van der Waals surface area contributed by atoms with Crippen LogP contribution in [-0.2, 0) is 0 Å². The molecule has 0 rings (SSSR count). The quantitative estimate of drug-likeness (QED) is 0.276. The van der Waals surface area contributed by atoms with Crippen LogP contribution >= 0.6 is 0 Å². The van der Waals surface area contributed by atoms with Crippen LogP contribution in [-0.4, -0.2) is 11.0 Å². The molecule has 0 saturated carbocycles. The average Bonchev–Trinajstić information content (AvgIpc) is 2.31. The van der Waals surface area contributed by atoms with Gasteiger partial charge < -0.3 is 0 Å². The van der Waals surface area contributed by atoms with Crippen molar-refractivity contribution >= 4 is 0 Å². The third kappa shape index (κ3) is 10.3. The van der Waals surface area contributed by atoms with Crippen molar-refractivity contribution in [2.24, 2.45) is 0 Å². The molecular weight excluding hydrogens is 214 g/mol. The summed E-state index contributed by atoms with van der Waals surface area (Å²) in [5.74, 6) is 0. The van der Waals surface area contributed by atoms with Gasteiger partial charge in [0.05, 0.1) is 0 Å². The molecule has 0 aromatic carbocycles. The topological polar surface area (TPSA) is 43.1 Å². The van der Waals surface area contributed by atoms with Crippen LogP contribution in [0.1, 0.15) is 84.5 Å². The molecule has 0 aliphatic heterocycles. The van der Waals surface area contributed by atoms with E-state index in [4.69, 9.17) is 0 Å². The van der Waals surface area contributed by atoms with E-state index >= 15 is 0 Å². The molecule has 0 amide bonds. The van der Waals surface area contributed by atoms with Gasteiger partial charge >= 0.3 is 0 Å². The van der Waals surface area contributed by atoms with Gasteiger partial charge in [-0.15, -0.1) is 0 Å². The summed E-state index contributed by atoms with van der Waals surface area (Å²) in [6, 6.07) is -0.292. The van der Waals surface area contributed by atoms with E-state index in [9.17, 15) is 10.1 Å². The molecule has 1 atom stereocenters. The molecule has 0 aliphatic carbocycles. The third-order valence-electron chi connectivity index (χ3n) is 3.31. The van der Waals surface area contributed by atoms with Crippen molar-refractivity contribution < 1.29 is 4.92 Å². The summed E-state index contributed by atoms with van der Waals surface area (Å²) in [4.78, 5) is 10.6. The Hall–Kier alpha value is -0.600. The molecule has 0 N–H and O–H groups in total. The molecule has 102 valence electrons.